The van der Waals surface area contributed by atoms with E-state index in [0.717, 1.165) is 6.42 Å². The number of hydrogen-bond donors (Lipinski definition) is 0. The molecule has 1 rings (SSSR count). The minimum atomic E-state index is 0.450. The minimum absolute atomic E-state index is 0.450. The Morgan fingerprint density at radius 3 is 2.40 bits per heavy atom. The molecule has 1 unspecified atom stereocenters. The molecular formula is C14H21N. The molecule has 1 nitrogen and oxygen atoms in total. The van der Waals surface area contributed by atoms with Crippen LogP contribution in [0, 0.1) is 0 Å². The standard InChI is InChI=1S/C12H15N.C2H6/c1-3-5-11(6-4-2)12-7-9-13-10-8-12;1-2/h3-4,6-11H,1,5H2,2H3;1-2H3/b6-4-;. The molecule has 1 aromatic rings. The maximum atomic E-state index is 4.00. The maximum Gasteiger partial charge on any atom is 0.0270 e. The summed E-state index contributed by atoms with van der Waals surface area (Å²) < 4.78 is 0. The second kappa shape index (κ2) is 9.20. The summed E-state index contributed by atoms with van der Waals surface area (Å²) >= 11 is 0. The summed E-state index contributed by atoms with van der Waals surface area (Å²) in [5, 5.41) is 0. The van der Waals surface area contributed by atoms with E-state index in [-0.39, 0.29) is 0 Å². The van der Waals surface area contributed by atoms with Crippen molar-refractivity contribution >= 4 is 0 Å². The molecule has 1 atom stereocenters. The first kappa shape index (κ1) is 13.6. The lowest BCUT2D eigenvalue weighted by Crippen LogP contribution is -1.93. The largest absolute Gasteiger partial charge is 0.265 e. The Labute approximate surface area is 93.6 Å². The Morgan fingerprint density at radius 2 is 1.93 bits per heavy atom. The molecule has 0 radical (unpaired) electrons. The predicted molar refractivity (Wildman–Crippen MR) is 68.0 cm³/mol. The molecule has 1 heterocycles. The molecule has 82 valence electrons. The monoisotopic (exact) mass is 203 g/mol. The van der Waals surface area contributed by atoms with Crippen molar-refractivity contribution in [3.05, 3.63) is 54.9 Å². The first-order chi connectivity index (χ1) is 7.38. The first-order valence-corrected chi connectivity index (χ1v) is 5.52. The van der Waals surface area contributed by atoms with Crippen LogP contribution in [0.2, 0.25) is 0 Å². The zero-order chi connectivity index (χ0) is 11.5. The topological polar surface area (TPSA) is 12.9 Å². The lowest BCUT2D eigenvalue weighted by atomic mass is 9.96. The van der Waals surface area contributed by atoms with Crippen molar-refractivity contribution in [1.29, 1.82) is 0 Å². The summed E-state index contributed by atoms with van der Waals surface area (Å²) in [5.41, 5.74) is 1.30. The van der Waals surface area contributed by atoms with Crippen LogP contribution in [0.25, 0.3) is 0 Å². The molecule has 0 N–H and O–H groups in total. The van der Waals surface area contributed by atoms with Crippen LogP contribution >= 0.6 is 0 Å². The van der Waals surface area contributed by atoms with E-state index in [1.54, 1.807) is 0 Å². The summed E-state index contributed by atoms with van der Waals surface area (Å²) in [4.78, 5) is 4.00. The molecule has 0 spiro atoms. The predicted octanol–water partition coefficient (Wildman–Crippen LogP) is 4.34. The maximum absolute atomic E-state index is 4.00. The number of aromatic nitrogens is 1. The van der Waals surface area contributed by atoms with E-state index < -0.39 is 0 Å². The van der Waals surface area contributed by atoms with Crippen molar-refractivity contribution in [1.82, 2.24) is 4.98 Å². The summed E-state index contributed by atoms with van der Waals surface area (Å²) in [6.45, 7) is 9.80. The second-order valence-electron chi connectivity index (χ2n) is 2.94. The molecule has 1 heteroatoms. The highest BCUT2D eigenvalue weighted by Gasteiger charge is 2.03. The molecule has 1 aromatic heterocycles. The molecule has 0 aliphatic heterocycles. The molecule has 0 amide bonds. The molecule has 0 saturated carbocycles. The second-order valence-corrected chi connectivity index (χ2v) is 2.94. The average Bonchev–Trinajstić information content (AvgIpc) is 2.33. The molecule has 0 aliphatic rings. The molecule has 0 fully saturated rings. The van der Waals surface area contributed by atoms with Crippen molar-refractivity contribution in [2.24, 2.45) is 0 Å². The summed E-state index contributed by atoms with van der Waals surface area (Å²) in [5.74, 6) is 0.450. The average molecular weight is 203 g/mol. The summed E-state index contributed by atoms with van der Waals surface area (Å²) in [7, 11) is 0. The van der Waals surface area contributed by atoms with E-state index in [9.17, 15) is 0 Å². The van der Waals surface area contributed by atoms with Gasteiger partial charge in [0.1, 0.15) is 0 Å². The number of nitrogens with zero attached hydrogens (tertiary/aromatic N) is 1. The smallest absolute Gasteiger partial charge is 0.0270 e. The normalized spacial score (nSPS) is 11.7. The van der Waals surface area contributed by atoms with E-state index >= 15 is 0 Å². The van der Waals surface area contributed by atoms with Gasteiger partial charge in [-0.15, -0.1) is 6.58 Å². The van der Waals surface area contributed by atoms with Crippen LogP contribution in [0.3, 0.4) is 0 Å². The third-order valence-electron chi connectivity index (χ3n) is 1.98. The van der Waals surface area contributed by atoms with Crippen molar-refractivity contribution in [3.8, 4) is 0 Å². The van der Waals surface area contributed by atoms with Crippen LogP contribution in [0.15, 0.2) is 49.3 Å². The van der Waals surface area contributed by atoms with Gasteiger partial charge in [-0.1, -0.05) is 32.1 Å². The molecule has 0 aromatic carbocycles. The molecule has 0 aliphatic carbocycles. The van der Waals surface area contributed by atoms with Crippen molar-refractivity contribution in [2.45, 2.75) is 33.1 Å². The Hall–Kier alpha value is -1.37. The number of rotatable bonds is 4. The summed E-state index contributed by atoms with van der Waals surface area (Å²) in [6.07, 6.45) is 10.9. The zero-order valence-electron chi connectivity index (χ0n) is 9.98. The van der Waals surface area contributed by atoms with Gasteiger partial charge in [0.15, 0.2) is 0 Å². The van der Waals surface area contributed by atoms with Crippen LogP contribution in [-0.2, 0) is 0 Å². The SMILES string of the molecule is C=CCC(/C=C\C)c1ccncc1.CC. The quantitative estimate of drug-likeness (QED) is 0.663. The van der Waals surface area contributed by atoms with E-state index in [0.29, 0.717) is 5.92 Å². The Balaban J connectivity index is 0.000000921. The van der Waals surface area contributed by atoms with Gasteiger partial charge in [-0.05, 0) is 31.0 Å². The third-order valence-corrected chi connectivity index (χ3v) is 1.98. The van der Waals surface area contributed by atoms with Crippen molar-refractivity contribution < 1.29 is 0 Å². The number of pyridine rings is 1. The molecule has 0 saturated heterocycles. The van der Waals surface area contributed by atoms with Gasteiger partial charge < -0.3 is 0 Å². The number of allylic oxidation sites excluding steroid dienone is 3. The highest BCUT2D eigenvalue weighted by Crippen LogP contribution is 2.20. The highest BCUT2D eigenvalue weighted by atomic mass is 14.6. The van der Waals surface area contributed by atoms with Gasteiger partial charge in [0.2, 0.25) is 0 Å². The fraction of sp³-hybridized carbons (Fsp3) is 0.357. The van der Waals surface area contributed by atoms with Crippen LogP contribution in [0.1, 0.15) is 38.7 Å². The number of hydrogen-bond acceptors (Lipinski definition) is 1. The Morgan fingerprint density at radius 1 is 1.33 bits per heavy atom. The van der Waals surface area contributed by atoms with Crippen LogP contribution < -0.4 is 0 Å². The van der Waals surface area contributed by atoms with Gasteiger partial charge in [-0.2, -0.15) is 0 Å². The van der Waals surface area contributed by atoms with Crippen molar-refractivity contribution in [3.63, 3.8) is 0 Å². The van der Waals surface area contributed by atoms with Gasteiger partial charge in [-0.3, -0.25) is 4.98 Å². The van der Waals surface area contributed by atoms with Crippen LogP contribution in [0.5, 0.6) is 0 Å². The van der Waals surface area contributed by atoms with Gasteiger partial charge in [0, 0.05) is 18.3 Å². The van der Waals surface area contributed by atoms with Crippen LogP contribution in [0.4, 0.5) is 0 Å². The van der Waals surface area contributed by atoms with Gasteiger partial charge >= 0.3 is 0 Å². The fourth-order valence-corrected chi connectivity index (χ4v) is 1.35. The summed E-state index contributed by atoms with van der Waals surface area (Å²) in [6, 6.07) is 4.10. The Bertz CT molecular complexity index is 275. The third kappa shape index (κ3) is 5.16. The van der Waals surface area contributed by atoms with Gasteiger partial charge in [0.25, 0.3) is 0 Å². The fourth-order valence-electron chi connectivity index (χ4n) is 1.35. The zero-order valence-corrected chi connectivity index (χ0v) is 9.98. The molecule has 0 bridgehead atoms. The van der Waals surface area contributed by atoms with Crippen molar-refractivity contribution in [2.75, 3.05) is 0 Å². The van der Waals surface area contributed by atoms with E-state index in [2.05, 4.69) is 23.7 Å². The van der Waals surface area contributed by atoms with Crippen LogP contribution in [-0.4, -0.2) is 4.98 Å². The lowest BCUT2D eigenvalue weighted by Gasteiger charge is -2.09. The van der Waals surface area contributed by atoms with E-state index in [4.69, 9.17) is 0 Å². The Kier molecular flexibility index (Phi) is 8.36. The first-order valence-electron chi connectivity index (χ1n) is 5.52. The van der Waals surface area contributed by atoms with E-state index in [1.807, 2.05) is 51.4 Å². The lowest BCUT2D eigenvalue weighted by molar-refractivity contribution is 0.860. The highest BCUT2D eigenvalue weighted by molar-refractivity contribution is 5.21. The minimum Gasteiger partial charge on any atom is -0.265 e. The molecule has 15 heavy (non-hydrogen) atoms. The molecular weight excluding hydrogens is 182 g/mol. The van der Waals surface area contributed by atoms with Gasteiger partial charge in [0.05, 0.1) is 0 Å². The van der Waals surface area contributed by atoms with Gasteiger partial charge in [-0.25, -0.2) is 0 Å². The van der Waals surface area contributed by atoms with E-state index in [1.165, 1.54) is 5.56 Å².